The van der Waals surface area contributed by atoms with E-state index in [1.807, 2.05) is 66.7 Å². The van der Waals surface area contributed by atoms with Gasteiger partial charge in [0, 0.05) is 32.5 Å². The molecule has 5 rings (SSSR count). The molecule has 1 N–H and O–H groups in total. The topological polar surface area (TPSA) is 86.7 Å². The van der Waals surface area contributed by atoms with E-state index in [0.29, 0.717) is 45.9 Å². The first-order chi connectivity index (χ1) is 22.2. The van der Waals surface area contributed by atoms with Gasteiger partial charge in [-0.25, -0.2) is 4.79 Å². The number of hydrogen-bond donors (Lipinski definition) is 1. The molecule has 8 nitrogen and oxygen atoms in total. The van der Waals surface area contributed by atoms with Crippen molar-refractivity contribution in [3.63, 3.8) is 0 Å². The zero-order chi connectivity index (χ0) is 32.4. The summed E-state index contributed by atoms with van der Waals surface area (Å²) in [6.07, 6.45) is -0.566. The van der Waals surface area contributed by atoms with Crippen LogP contribution in [0.2, 0.25) is 25.7 Å². The quantitative estimate of drug-likeness (QED) is 0.0797. The number of fused-ring (bicyclic) bond motifs is 1. The Morgan fingerprint density at radius 2 is 1.54 bits per heavy atom. The van der Waals surface area contributed by atoms with Crippen LogP contribution in [0.15, 0.2) is 91.0 Å². The third-order valence-corrected chi connectivity index (χ3v) is 9.85. The maximum Gasteiger partial charge on any atom is 0.407 e. The minimum Gasteiger partial charge on any atom is -0.490 e. The van der Waals surface area contributed by atoms with Crippen LogP contribution in [-0.4, -0.2) is 70.0 Å². The van der Waals surface area contributed by atoms with E-state index in [4.69, 9.17) is 23.7 Å². The van der Waals surface area contributed by atoms with Crippen molar-refractivity contribution < 1.29 is 33.6 Å². The van der Waals surface area contributed by atoms with Gasteiger partial charge in [-0.2, -0.15) is 0 Å². The molecule has 1 fully saturated rings. The normalized spacial score (nSPS) is 16.7. The molecular formula is C37H45NO7Si. The maximum atomic E-state index is 11.9. The summed E-state index contributed by atoms with van der Waals surface area (Å²) < 4.78 is 30.0. The van der Waals surface area contributed by atoms with E-state index >= 15 is 0 Å². The summed E-state index contributed by atoms with van der Waals surface area (Å²) in [6, 6.07) is 31.0. The van der Waals surface area contributed by atoms with Crippen LogP contribution >= 0.6 is 0 Å². The molecule has 0 saturated carbocycles. The number of hydrogen-bond acceptors (Lipinski definition) is 6. The van der Waals surface area contributed by atoms with Gasteiger partial charge in [-0.1, -0.05) is 74.2 Å². The fourth-order valence-corrected chi connectivity index (χ4v) is 6.33. The Balaban J connectivity index is 1.22. The van der Waals surface area contributed by atoms with Gasteiger partial charge >= 0.3 is 6.09 Å². The van der Waals surface area contributed by atoms with Gasteiger partial charge in [0.1, 0.15) is 30.5 Å². The lowest BCUT2D eigenvalue weighted by Gasteiger charge is -2.37. The number of benzene rings is 4. The third-order valence-electron chi connectivity index (χ3n) is 8.14. The molecule has 9 heteroatoms. The van der Waals surface area contributed by atoms with Gasteiger partial charge in [0.2, 0.25) is 0 Å². The maximum absolute atomic E-state index is 11.9. The molecular weight excluding hydrogens is 598 g/mol. The highest BCUT2D eigenvalue weighted by atomic mass is 28.3. The van der Waals surface area contributed by atoms with Crippen LogP contribution in [0.4, 0.5) is 4.79 Å². The molecule has 2 atom stereocenters. The van der Waals surface area contributed by atoms with Crippen molar-refractivity contribution in [1.82, 2.24) is 4.90 Å². The summed E-state index contributed by atoms with van der Waals surface area (Å²) in [5.74, 6) is 2.37. The highest BCUT2D eigenvalue weighted by Crippen LogP contribution is 2.34. The molecule has 2 unspecified atom stereocenters. The number of rotatable bonds is 15. The second-order valence-corrected chi connectivity index (χ2v) is 18.5. The zero-order valence-electron chi connectivity index (χ0n) is 27.0. The number of carboxylic acid groups (broad SMARTS) is 1. The third kappa shape index (κ3) is 9.72. The molecule has 1 amide bonds. The average molecular weight is 644 g/mol. The van der Waals surface area contributed by atoms with Crippen LogP contribution < -0.4 is 14.2 Å². The largest absolute Gasteiger partial charge is 0.490 e. The van der Waals surface area contributed by atoms with Crippen LogP contribution in [0, 0.1) is 0 Å². The van der Waals surface area contributed by atoms with Gasteiger partial charge in [0.25, 0.3) is 0 Å². The van der Waals surface area contributed by atoms with Crippen molar-refractivity contribution in [2.75, 3.05) is 39.7 Å². The van der Waals surface area contributed by atoms with Crippen molar-refractivity contribution in [2.24, 2.45) is 0 Å². The fraction of sp³-hybridized carbons (Fsp3) is 0.378. The van der Waals surface area contributed by atoms with Crippen molar-refractivity contribution >= 4 is 24.9 Å². The lowest BCUT2D eigenvalue weighted by Crippen LogP contribution is -2.46. The standard InChI is InChI=1S/C37H45NO7Si/c1-46(2,3)22-21-41-27-45-35-24-28(23-30-9-7-8-12-33(30)35)26-44-36-25-38(37(39)40)18-17-34(36)29-13-15-32(16-14-29)43-20-19-42-31-10-5-4-6-11-31/h4-16,23-24,34,36H,17-22,25-27H2,1-3H3,(H,39,40). The zero-order valence-corrected chi connectivity index (χ0v) is 28.0. The summed E-state index contributed by atoms with van der Waals surface area (Å²) in [6.45, 7) is 9.83. The Bertz CT molecular complexity index is 1540. The summed E-state index contributed by atoms with van der Waals surface area (Å²) in [4.78, 5) is 13.3. The summed E-state index contributed by atoms with van der Waals surface area (Å²) in [5.41, 5.74) is 2.06. The minimum absolute atomic E-state index is 0.0435. The molecule has 1 aliphatic heterocycles. The highest BCUT2D eigenvalue weighted by Gasteiger charge is 2.33. The number of para-hydroxylation sites is 1. The Morgan fingerprint density at radius 1 is 0.848 bits per heavy atom. The first-order valence-electron chi connectivity index (χ1n) is 16.0. The van der Waals surface area contributed by atoms with Gasteiger partial charge in [0.15, 0.2) is 6.79 Å². The van der Waals surface area contributed by atoms with E-state index in [2.05, 4.69) is 43.9 Å². The number of nitrogens with zero attached hydrogens (tertiary/aromatic N) is 1. The van der Waals surface area contributed by atoms with Gasteiger partial charge in [-0.05, 0) is 65.4 Å². The average Bonchev–Trinajstić information content (AvgIpc) is 3.05. The predicted molar refractivity (Wildman–Crippen MR) is 183 cm³/mol. The van der Waals surface area contributed by atoms with Crippen molar-refractivity contribution in [1.29, 1.82) is 0 Å². The molecule has 0 radical (unpaired) electrons. The number of amides is 1. The van der Waals surface area contributed by atoms with Gasteiger partial charge in [0.05, 0.1) is 19.3 Å². The first-order valence-corrected chi connectivity index (χ1v) is 19.7. The molecule has 0 aromatic heterocycles. The summed E-state index contributed by atoms with van der Waals surface area (Å²) >= 11 is 0. The molecule has 46 heavy (non-hydrogen) atoms. The van der Waals surface area contributed by atoms with Crippen LogP contribution in [0.5, 0.6) is 17.2 Å². The second-order valence-electron chi connectivity index (χ2n) is 12.8. The Kier molecular flexibility index (Phi) is 11.6. The molecule has 0 aliphatic carbocycles. The smallest absolute Gasteiger partial charge is 0.407 e. The van der Waals surface area contributed by atoms with Gasteiger partial charge in [-0.3, -0.25) is 0 Å². The van der Waals surface area contributed by atoms with Crippen LogP contribution in [0.3, 0.4) is 0 Å². The number of piperidine rings is 1. The van der Waals surface area contributed by atoms with E-state index in [1.165, 1.54) is 4.90 Å². The van der Waals surface area contributed by atoms with Gasteiger partial charge in [-0.15, -0.1) is 0 Å². The molecule has 0 spiro atoms. The molecule has 4 aromatic rings. The van der Waals surface area contributed by atoms with E-state index in [9.17, 15) is 9.90 Å². The number of ether oxygens (including phenoxy) is 5. The van der Waals surface area contributed by atoms with Crippen molar-refractivity contribution in [2.45, 2.75) is 50.7 Å². The number of likely N-dealkylation sites (tertiary alicyclic amines) is 1. The van der Waals surface area contributed by atoms with Crippen LogP contribution in [-0.2, 0) is 16.1 Å². The van der Waals surface area contributed by atoms with Crippen molar-refractivity contribution in [3.05, 3.63) is 102 Å². The molecule has 1 saturated heterocycles. The SMILES string of the molecule is C[Si](C)(C)CCOCOc1cc(COC2CN(C(=O)O)CCC2c2ccc(OCCOc3ccccc3)cc2)cc2ccccc12. The lowest BCUT2D eigenvalue weighted by atomic mass is 9.87. The van der Waals surface area contributed by atoms with E-state index in [0.717, 1.165) is 45.2 Å². The molecule has 244 valence electrons. The Hall–Kier alpha value is -4.05. The van der Waals surface area contributed by atoms with E-state index < -0.39 is 14.2 Å². The second kappa shape index (κ2) is 16.0. The fourth-order valence-electron chi connectivity index (χ4n) is 5.57. The number of carbonyl (C=O) groups is 1. The Labute approximate surface area is 272 Å². The first kappa shape index (κ1) is 33.3. The molecule has 0 bridgehead atoms. The molecule has 1 heterocycles. The molecule has 1 aliphatic rings. The van der Waals surface area contributed by atoms with E-state index in [-0.39, 0.29) is 18.8 Å². The molecule has 4 aromatic carbocycles. The summed E-state index contributed by atoms with van der Waals surface area (Å²) in [7, 11) is -1.18. The van der Waals surface area contributed by atoms with Crippen LogP contribution in [0.25, 0.3) is 10.8 Å². The van der Waals surface area contributed by atoms with E-state index in [1.54, 1.807) is 0 Å². The highest BCUT2D eigenvalue weighted by molar-refractivity contribution is 6.76. The monoisotopic (exact) mass is 643 g/mol. The van der Waals surface area contributed by atoms with Gasteiger partial charge < -0.3 is 33.7 Å². The lowest BCUT2D eigenvalue weighted by molar-refractivity contribution is -0.0201. The Morgan fingerprint density at radius 3 is 2.26 bits per heavy atom. The van der Waals surface area contributed by atoms with Crippen molar-refractivity contribution in [3.8, 4) is 17.2 Å². The predicted octanol–water partition coefficient (Wildman–Crippen LogP) is 8.04. The summed E-state index contributed by atoms with van der Waals surface area (Å²) in [5, 5.41) is 11.8. The van der Waals surface area contributed by atoms with Crippen LogP contribution in [0.1, 0.15) is 23.5 Å². The minimum atomic E-state index is -1.18.